The normalized spacial score (nSPS) is 10.3. The largest absolute Gasteiger partial charge is 0.508 e. The van der Waals surface area contributed by atoms with E-state index in [1.165, 1.54) is 6.20 Å². The van der Waals surface area contributed by atoms with Crippen molar-refractivity contribution < 1.29 is 15.0 Å². The molecule has 2 heterocycles. The van der Waals surface area contributed by atoms with Gasteiger partial charge in [-0.1, -0.05) is 0 Å². The summed E-state index contributed by atoms with van der Waals surface area (Å²) in [6.45, 7) is 1.78. The number of aromatic nitrogens is 2. The van der Waals surface area contributed by atoms with E-state index in [2.05, 4.69) is 4.98 Å². The first kappa shape index (κ1) is 11.8. The summed E-state index contributed by atoms with van der Waals surface area (Å²) >= 11 is 0. The zero-order chi connectivity index (χ0) is 13.3. The van der Waals surface area contributed by atoms with Crippen molar-refractivity contribution in [1.29, 1.82) is 0 Å². The first-order chi connectivity index (χ1) is 8.49. The number of aryl methyl sites for hydroxylation is 1. The Morgan fingerprint density at radius 1 is 1.28 bits per heavy atom. The Morgan fingerprint density at radius 3 is 2.61 bits per heavy atom. The third kappa shape index (κ3) is 2.08. The van der Waals surface area contributed by atoms with E-state index in [0.29, 0.717) is 5.69 Å². The van der Waals surface area contributed by atoms with E-state index in [0.717, 1.165) is 22.3 Å². The Bertz CT molecular complexity index is 676. The summed E-state index contributed by atoms with van der Waals surface area (Å²) in [5.74, 6) is -1.68. The van der Waals surface area contributed by atoms with Crippen molar-refractivity contribution in [2.45, 2.75) is 6.92 Å². The Labute approximate surface area is 102 Å². The van der Waals surface area contributed by atoms with Gasteiger partial charge in [0.1, 0.15) is 11.4 Å². The van der Waals surface area contributed by atoms with Gasteiger partial charge in [0.15, 0.2) is 0 Å². The minimum Gasteiger partial charge on any atom is -0.508 e. The van der Waals surface area contributed by atoms with Gasteiger partial charge in [-0.3, -0.25) is 14.3 Å². The molecule has 2 N–H and O–H groups in total. The maximum absolute atomic E-state index is 11.8. The molecule has 0 atom stereocenters. The van der Waals surface area contributed by atoms with Gasteiger partial charge in [0.25, 0.3) is 5.56 Å². The highest BCUT2D eigenvalue weighted by Crippen LogP contribution is 2.14. The van der Waals surface area contributed by atoms with Crippen LogP contribution >= 0.6 is 0 Å². The molecule has 0 fully saturated rings. The van der Waals surface area contributed by atoms with E-state index in [-0.39, 0.29) is 11.4 Å². The molecule has 2 aromatic rings. The van der Waals surface area contributed by atoms with E-state index in [1.807, 2.05) is 0 Å². The average Bonchev–Trinajstić information content (AvgIpc) is 2.27. The summed E-state index contributed by atoms with van der Waals surface area (Å²) in [4.78, 5) is 26.8. The van der Waals surface area contributed by atoms with E-state index in [1.54, 1.807) is 19.2 Å². The molecule has 0 bridgehead atoms. The molecule has 0 saturated heterocycles. The second-order valence-electron chi connectivity index (χ2n) is 3.80. The van der Waals surface area contributed by atoms with Crippen LogP contribution in [-0.4, -0.2) is 25.7 Å². The van der Waals surface area contributed by atoms with Crippen LogP contribution in [0.4, 0.5) is 0 Å². The molecule has 0 amide bonds. The van der Waals surface area contributed by atoms with Crippen molar-refractivity contribution in [3.8, 4) is 11.4 Å². The molecule has 0 saturated carbocycles. The smallest absolute Gasteiger partial charge is 0.353 e. The molecule has 18 heavy (non-hydrogen) atoms. The number of aromatic hydroxyl groups is 1. The molecule has 2 rings (SSSR count). The van der Waals surface area contributed by atoms with E-state index >= 15 is 0 Å². The van der Waals surface area contributed by atoms with E-state index in [4.69, 9.17) is 5.11 Å². The van der Waals surface area contributed by atoms with E-state index in [9.17, 15) is 14.7 Å². The Hall–Kier alpha value is -2.63. The highest BCUT2D eigenvalue weighted by atomic mass is 16.4. The van der Waals surface area contributed by atoms with Crippen LogP contribution < -0.4 is 5.56 Å². The molecule has 6 nitrogen and oxygen atoms in total. The molecule has 0 aliphatic carbocycles. The topological polar surface area (TPSA) is 92.4 Å². The lowest BCUT2D eigenvalue weighted by Gasteiger charge is -2.10. The van der Waals surface area contributed by atoms with Gasteiger partial charge in [0, 0.05) is 18.3 Å². The lowest BCUT2D eigenvalue weighted by atomic mass is 10.2. The Balaban J connectivity index is 2.78. The van der Waals surface area contributed by atoms with Gasteiger partial charge in [-0.05, 0) is 18.6 Å². The third-order valence-corrected chi connectivity index (χ3v) is 2.36. The molecule has 0 radical (unpaired) electrons. The van der Waals surface area contributed by atoms with Crippen molar-refractivity contribution in [2.24, 2.45) is 0 Å². The standard InChI is InChI=1S/C12H10N2O4/c1-7-2-8(6-13-5-7)14-10(12(17)18)3-9(15)4-11(14)16/h2-6,15H,1H3,(H,17,18). The van der Waals surface area contributed by atoms with Crippen molar-refractivity contribution in [1.82, 2.24) is 9.55 Å². The van der Waals surface area contributed by atoms with Gasteiger partial charge in [0.2, 0.25) is 0 Å². The fourth-order valence-electron chi connectivity index (χ4n) is 1.64. The molecular weight excluding hydrogens is 236 g/mol. The molecule has 92 valence electrons. The highest BCUT2D eigenvalue weighted by Gasteiger charge is 2.14. The van der Waals surface area contributed by atoms with Crippen LogP contribution in [0, 0.1) is 6.92 Å². The second-order valence-corrected chi connectivity index (χ2v) is 3.80. The van der Waals surface area contributed by atoms with Crippen LogP contribution in [0.2, 0.25) is 0 Å². The number of hydrogen-bond donors (Lipinski definition) is 2. The number of pyridine rings is 2. The zero-order valence-corrected chi connectivity index (χ0v) is 9.49. The second kappa shape index (κ2) is 4.33. The molecule has 0 spiro atoms. The number of hydrogen-bond acceptors (Lipinski definition) is 4. The first-order valence-electron chi connectivity index (χ1n) is 5.10. The summed E-state index contributed by atoms with van der Waals surface area (Å²) in [6.07, 6.45) is 2.98. The molecule has 0 aromatic carbocycles. The van der Waals surface area contributed by atoms with Crippen molar-refractivity contribution in [3.63, 3.8) is 0 Å². The number of carboxylic acids is 1. The maximum atomic E-state index is 11.8. The van der Waals surface area contributed by atoms with Gasteiger partial charge in [-0.25, -0.2) is 4.79 Å². The van der Waals surface area contributed by atoms with Crippen LogP contribution in [0.15, 0.2) is 35.4 Å². The van der Waals surface area contributed by atoms with Gasteiger partial charge < -0.3 is 10.2 Å². The number of rotatable bonds is 2. The van der Waals surface area contributed by atoms with Crippen LogP contribution in [0.5, 0.6) is 5.75 Å². The summed E-state index contributed by atoms with van der Waals surface area (Å²) in [7, 11) is 0. The number of carboxylic acid groups (broad SMARTS) is 1. The molecule has 6 heteroatoms. The minimum absolute atomic E-state index is 0.313. The molecular formula is C12H10N2O4. The first-order valence-corrected chi connectivity index (χ1v) is 5.10. The summed E-state index contributed by atoms with van der Waals surface area (Å²) in [5, 5.41) is 18.3. The summed E-state index contributed by atoms with van der Waals surface area (Å²) in [6, 6.07) is 3.61. The fourth-order valence-corrected chi connectivity index (χ4v) is 1.64. The van der Waals surface area contributed by atoms with Gasteiger partial charge in [0.05, 0.1) is 11.9 Å². The fraction of sp³-hybridized carbons (Fsp3) is 0.0833. The SMILES string of the molecule is Cc1cncc(-n2c(C(=O)O)cc(O)cc2=O)c1. The lowest BCUT2D eigenvalue weighted by molar-refractivity contribution is 0.0686. The zero-order valence-electron chi connectivity index (χ0n) is 9.49. The molecule has 0 aliphatic rings. The van der Waals surface area contributed by atoms with Gasteiger partial charge >= 0.3 is 5.97 Å². The molecule has 2 aromatic heterocycles. The summed E-state index contributed by atoms with van der Waals surface area (Å²) < 4.78 is 0.988. The lowest BCUT2D eigenvalue weighted by Crippen LogP contribution is -2.23. The van der Waals surface area contributed by atoms with Crippen LogP contribution in [-0.2, 0) is 0 Å². The van der Waals surface area contributed by atoms with Crippen LogP contribution in [0.1, 0.15) is 16.1 Å². The Morgan fingerprint density at radius 2 is 2.00 bits per heavy atom. The van der Waals surface area contributed by atoms with Gasteiger partial charge in [-0.15, -0.1) is 0 Å². The Kier molecular flexibility index (Phi) is 2.85. The monoisotopic (exact) mass is 246 g/mol. The van der Waals surface area contributed by atoms with Crippen LogP contribution in [0.25, 0.3) is 5.69 Å². The quantitative estimate of drug-likeness (QED) is 0.822. The van der Waals surface area contributed by atoms with E-state index < -0.39 is 11.5 Å². The number of carbonyl (C=O) groups is 1. The summed E-state index contributed by atoms with van der Waals surface area (Å²) in [5.41, 5.74) is 0.202. The maximum Gasteiger partial charge on any atom is 0.353 e. The van der Waals surface area contributed by atoms with Crippen molar-refractivity contribution >= 4 is 5.97 Å². The van der Waals surface area contributed by atoms with Crippen molar-refractivity contribution in [2.75, 3.05) is 0 Å². The third-order valence-electron chi connectivity index (χ3n) is 2.36. The average molecular weight is 246 g/mol. The molecule has 0 unspecified atom stereocenters. The van der Waals surface area contributed by atoms with Crippen LogP contribution in [0.3, 0.4) is 0 Å². The number of aromatic carboxylic acids is 1. The predicted molar refractivity (Wildman–Crippen MR) is 63.2 cm³/mol. The van der Waals surface area contributed by atoms with Gasteiger partial charge in [-0.2, -0.15) is 0 Å². The number of nitrogens with zero attached hydrogens (tertiary/aromatic N) is 2. The highest BCUT2D eigenvalue weighted by molar-refractivity contribution is 5.86. The predicted octanol–water partition coefficient (Wildman–Crippen LogP) is 0.945. The minimum atomic E-state index is -1.30. The van der Waals surface area contributed by atoms with Crippen molar-refractivity contribution in [3.05, 3.63) is 52.2 Å². The molecule has 0 aliphatic heterocycles.